The summed E-state index contributed by atoms with van der Waals surface area (Å²) in [4.78, 5) is 0. The minimum absolute atomic E-state index is 0.233. The molecule has 58 heavy (non-hydrogen) atoms. The average Bonchev–Trinajstić information content (AvgIpc) is 3.25. The van der Waals surface area contributed by atoms with Crippen molar-refractivity contribution in [2.24, 2.45) is 0 Å². The van der Waals surface area contributed by atoms with Crippen LogP contribution in [0.15, 0.2) is 109 Å². The first kappa shape index (κ1) is 45.1. The fourth-order valence-electron chi connectivity index (χ4n) is 9.48. The van der Waals surface area contributed by atoms with Crippen LogP contribution in [0.3, 0.4) is 0 Å². The van der Waals surface area contributed by atoms with Gasteiger partial charge in [0.05, 0.1) is 26.2 Å². The van der Waals surface area contributed by atoms with Crippen molar-refractivity contribution >= 4 is 39.6 Å². The highest BCUT2D eigenvalue weighted by Gasteiger charge is 2.40. The van der Waals surface area contributed by atoms with Crippen LogP contribution in [-0.2, 0) is 10.1 Å². The predicted octanol–water partition coefficient (Wildman–Crippen LogP) is 13.2. The maximum atomic E-state index is 9.48. The number of fused-ring (bicyclic) bond motifs is 3. The van der Waals surface area contributed by atoms with Crippen LogP contribution in [0, 0.1) is 20.8 Å². The van der Waals surface area contributed by atoms with Gasteiger partial charge in [0.25, 0.3) is 0 Å². The van der Waals surface area contributed by atoms with Crippen LogP contribution in [-0.4, -0.2) is 54.6 Å². The molecule has 6 aromatic carbocycles. The number of hydrogen-bond donors (Lipinski definition) is 2. The van der Waals surface area contributed by atoms with Gasteiger partial charge in [0.2, 0.25) is 0 Å². The van der Waals surface area contributed by atoms with Crippen LogP contribution >= 0.6 is 0 Å². The van der Waals surface area contributed by atoms with Crippen molar-refractivity contribution in [1.82, 2.24) is 0 Å². The van der Waals surface area contributed by atoms with Gasteiger partial charge >= 0.3 is 7.32 Å². The number of nitrogens with zero attached hydrogens (tertiary/aromatic N) is 1. The van der Waals surface area contributed by atoms with Crippen LogP contribution < -0.4 is 0 Å². The van der Waals surface area contributed by atoms with E-state index in [-0.39, 0.29) is 6.61 Å². The molecule has 0 fully saturated rings. The molecule has 0 aliphatic rings. The summed E-state index contributed by atoms with van der Waals surface area (Å²) in [5, 5.41) is 26.4. The maximum Gasteiger partial charge on any atom is 0.633 e. The molecule has 0 aliphatic carbocycles. The van der Waals surface area contributed by atoms with E-state index in [1.807, 2.05) is 0 Å². The zero-order valence-electron chi connectivity index (χ0n) is 36.8. The van der Waals surface area contributed by atoms with Gasteiger partial charge in [0.1, 0.15) is 0 Å². The quantitative estimate of drug-likeness (QED) is 0.0351. The summed E-state index contributed by atoms with van der Waals surface area (Å²) in [6.07, 6.45) is 12.4. The first-order valence-electron chi connectivity index (χ1n) is 22.5. The molecule has 0 saturated carbocycles. The van der Waals surface area contributed by atoms with E-state index in [4.69, 9.17) is 4.65 Å². The van der Waals surface area contributed by atoms with Gasteiger partial charge < -0.3 is 19.2 Å². The van der Waals surface area contributed by atoms with Crippen LogP contribution in [0.1, 0.15) is 125 Å². The van der Waals surface area contributed by atoms with Crippen LogP contribution in [0.2, 0.25) is 0 Å². The Bertz CT molecular complexity index is 1950. The van der Waals surface area contributed by atoms with Crippen molar-refractivity contribution in [2.45, 2.75) is 118 Å². The Morgan fingerprint density at radius 1 is 0.448 bits per heavy atom. The lowest BCUT2D eigenvalue weighted by molar-refractivity contribution is -0.929. The molecule has 4 nitrogen and oxygen atoms in total. The van der Waals surface area contributed by atoms with E-state index in [0.29, 0.717) is 12.8 Å². The maximum absolute atomic E-state index is 9.48. The van der Waals surface area contributed by atoms with E-state index in [2.05, 4.69) is 158 Å². The molecule has 0 atom stereocenters. The Kier molecular flexibility index (Phi) is 17.0. The predicted molar refractivity (Wildman–Crippen MR) is 251 cm³/mol. The van der Waals surface area contributed by atoms with Gasteiger partial charge in [-0.2, -0.15) is 0 Å². The van der Waals surface area contributed by atoms with Gasteiger partial charge in [-0.15, -0.1) is 0 Å². The van der Waals surface area contributed by atoms with E-state index in [9.17, 15) is 10.0 Å². The molecule has 0 spiro atoms. The van der Waals surface area contributed by atoms with Crippen molar-refractivity contribution in [3.05, 3.63) is 143 Å². The third-order valence-electron chi connectivity index (χ3n) is 12.7. The van der Waals surface area contributed by atoms with E-state index < -0.39 is 12.7 Å². The molecular weight excluding hydrogens is 709 g/mol. The van der Waals surface area contributed by atoms with Crippen molar-refractivity contribution < 1.29 is 19.2 Å². The Morgan fingerprint density at radius 3 is 1.05 bits per heavy atom. The topological polar surface area (TPSA) is 49.7 Å². The molecule has 0 heterocycles. The molecule has 0 saturated heterocycles. The highest BCUT2D eigenvalue weighted by atomic mass is 16.6. The second kappa shape index (κ2) is 21.8. The minimum Gasteiger partial charge on any atom is -0.402 e. The largest absolute Gasteiger partial charge is 0.633 e. The smallest absolute Gasteiger partial charge is 0.402 e. The van der Waals surface area contributed by atoms with E-state index in [1.165, 1.54) is 148 Å². The molecule has 6 rings (SSSR count). The fraction of sp³-hybridized carbons (Fsp3) is 0.434. The molecule has 0 unspecified atom stereocenters. The molecule has 6 aromatic rings. The first-order valence-corrected chi connectivity index (χ1v) is 22.5. The number of hydrogen-bond acceptors (Lipinski definition) is 3. The Morgan fingerprint density at radius 2 is 0.759 bits per heavy atom. The molecular formula is C53H71BNO3+. The highest BCUT2D eigenvalue weighted by molar-refractivity contribution is 6.32. The monoisotopic (exact) mass is 781 g/mol. The van der Waals surface area contributed by atoms with Crippen molar-refractivity contribution in [3.8, 4) is 0 Å². The van der Waals surface area contributed by atoms with E-state index in [1.54, 1.807) is 0 Å². The van der Waals surface area contributed by atoms with Gasteiger partial charge in [0, 0.05) is 12.0 Å². The fourth-order valence-corrected chi connectivity index (χ4v) is 9.48. The summed E-state index contributed by atoms with van der Waals surface area (Å²) < 4.78 is 6.70. The summed E-state index contributed by atoms with van der Waals surface area (Å²) >= 11 is 0. The van der Waals surface area contributed by atoms with Gasteiger partial charge in [-0.05, 0) is 125 Å². The number of benzene rings is 6. The third-order valence-corrected chi connectivity index (χ3v) is 12.7. The van der Waals surface area contributed by atoms with Crippen LogP contribution in [0.5, 0.6) is 0 Å². The molecule has 0 radical (unpaired) electrons. The van der Waals surface area contributed by atoms with Crippen molar-refractivity contribution in [1.29, 1.82) is 0 Å². The van der Waals surface area contributed by atoms with Gasteiger partial charge in [-0.25, -0.2) is 0 Å². The van der Waals surface area contributed by atoms with E-state index >= 15 is 0 Å². The van der Waals surface area contributed by atoms with Gasteiger partial charge in [0.15, 0.2) is 0 Å². The zero-order valence-corrected chi connectivity index (χ0v) is 36.8. The molecule has 0 aromatic heterocycles. The molecule has 0 aliphatic heterocycles. The second-order valence-electron chi connectivity index (χ2n) is 16.8. The standard InChI is InChI=1S/C37H35BO3.C16H36N/c1-25-17-20-34(31-14-7-4-11-28(25)31)37(23-10-24-41-38(39)40,35-21-18-26(2)29-12-5-8-15-32(29)35)36-22-19-27(3)30-13-6-9-16-33(30)36;1-5-9-13-17(14-10-6-2,15-11-7-3)16-12-8-4/h4-9,11-22,39-40H,10,23-24H2,1-3H3;5-16H2,1-4H3/q;+1. The lowest BCUT2D eigenvalue weighted by atomic mass is 9.63. The average molecular weight is 781 g/mol. The molecule has 0 amide bonds. The van der Waals surface area contributed by atoms with Crippen LogP contribution in [0.4, 0.5) is 0 Å². The second-order valence-corrected chi connectivity index (χ2v) is 16.8. The summed E-state index contributed by atoms with van der Waals surface area (Å²) in [5.74, 6) is 0. The summed E-state index contributed by atoms with van der Waals surface area (Å²) in [6, 6.07) is 39.7. The Hall–Kier alpha value is -4.00. The molecule has 2 N–H and O–H groups in total. The molecule has 0 bridgehead atoms. The van der Waals surface area contributed by atoms with Crippen molar-refractivity contribution in [3.63, 3.8) is 0 Å². The molecule has 308 valence electrons. The SMILES string of the molecule is CCCC[N+](CCCC)(CCCC)CCCC.Cc1ccc(C(CCCOB(O)O)(c2ccc(C)c3ccccc23)c2ccc(C)c3ccccc23)c2ccccc12. The highest BCUT2D eigenvalue weighted by Crippen LogP contribution is 2.50. The van der Waals surface area contributed by atoms with Crippen LogP contribution in [0.25, 0.3) is 32.3 Å². The number of unbranched alkanes of at least 4 members (excludes halogenated alkanes) is 4. The van der Waals surface area contributed by atoms with Gasteiger partial charge in [-0.1, -0.05) is 163 Å². The normalized spacial score (nSPS) is 11.9. The molecule has 5 heteroatoms. The first-order chi connectivity index (χ1) is 28.2. The number of aryl methyl sites for hydroxylation is 3. The number of rotatable bonds is 20. The van der Waals surface area contributed by atoms with Gasteiger partial charge in [-0.3, -0.25) is 0 Å². The lowest BCUT2D eigenvalue weighted by Gasteiger charge is -2.39. The lowest BCUT2D eigenvalue weighted by Crippen LogP contribution is -2.50. The minimum atomic E-state index is -1.79. The summed E-state index contributed by atoms with van der Waals surface area (Å²) in [5.41, 5.74) is 6.90. The van der Waals surface area contributed by atoms with E-state index in [0.717, 1.165) is 0 Å². The number of quaternary nitrogens is 1. The Labute approximate surface area is 351 Å². The summed E-state index contributed by atoms with van der Waals surface area (Å²) in [7, 11) is -1.79. The zero-order chi connectivity index (χ0) is 41.5. The summed E-state index contributed by atoms with van der Waals surface area (Å²) in [6.45, 7) is 21.8. The third kappa shape index (κ3) is 10.4. The Balaban J connectivity index is 0.000000320. The van der Waals surface area contributed by atoms with Crippen molar-refractivity contribution in [2.75, 3.05) is 32.8 Å².